The molecule has 0 fully saturated rings. The summed E-state index contributed by atoms with van der Waals surface area (Å²) in [5, 5.41) is 2.89. The van der Waals surface area contributed by atoms with Crippen LogP contribution in [0.2, 0.25) is 0 Å². The van der Waals surface area contributed by atoms with Gasteiger partial charge in [0, 0.05) is 19.3 Å². The SMILES string of the molecule is CCCCCCCC(=O)NC(COC(=O)CCCCCCC)COC(=O)CCCCCCC. The summed E-state index contributed by atoms with van der Waals surface area (Å²) >= 11 is 0. The monoisotopic (exact) mass is 469 g/mol. The molecule has 0 aromatic carbocycles. The maximum atomic E-state index is 12.3. The van der Waals surface area contributed by atoms with Crippen LogP contribution < -0.4 is 5.32 Å². The second-order valence-corrected chi connectivity index (χ2v) is 9.12. The van der Waals surface area contributed by atoms with Crippen molar-refractivity contribution < 1.29 is 23.9 Å². The molecule has 0 radical (unpaired) electrons. The van der Waals surface area contributed by atoms with E-state index in [0.717, 1.165) is 57.8 Å². The third-order valence-electron chi connectivity index (χ3n) is 5.73. The van der Waals surface area contributed by atoms with Crippen LogP contribution in [0.4, 0.5) is 0 Å². The zero-order chi connectivity index (χ0) is 24.6. The van der Waals surface area contributed by atoms with Crippen molar-refractivity contribution in [1.29, 1.82) is 0 Å². The lowest BCUT2D eigenvalue weighted by Crippen LogP contribution is -2.42. The number of carbonyl (C=O) groups is 3. The highest BCUT2D eigenvalue weighted by atomic mass is 16.5. The average Bonchev–Trinajstić information content (AvgIpc) is 2.80. The number of rotatable bonds is 23. The second-order valence-electron chi connectivity index (χ2n) is 9.12. The molecule has 0 heterocycles. The topological polar surface area (TPSA) is 81.7 Å². The molecule has 6 nitrogen and oxygen atoms in total. The molecule has 0 aromatic heterocycles. The molecule has 0 aliphatic heterocycles. The first kappa shape index (κ1) is 31.4. The maximum absolute atomic E-state index is 12.3. The van der Waals surface area contributed by atoms with Gasteiger partial charge in [0.1, 0.15) is 13.2 Å². The van der Waals surface area contributed by atoms with E-state index in [1.807, 2.05) is 0 Å². The van der Waals surface area contributed by atoms with Gasteiger partial charge in [-0.25, -0.2) is 0 Å². The number of ether oxygens (including phenoxy) is 2. The summed E-state index contributed by atoms with van der Waals surface area (Å²) in [7, 11) is 0. The predicted octanol–water partition coefficient (Wildman–Crippen LogP) is 6.64. The molecule has 0 rings (SSSR count). The molecule has 6 heteroatoms. The Balaban J connectivity index is 4.37. The fourth-order valence-corrected chi connectivity index (χ4v) is 3.60. The third-order valence-corrected chi connectivity index (χ3v) is 5.73. The van der Waals surface area contributed by atoms with Gasteiger partial charge < -0.3 is 14.8 Å². The van der Waals surface area contributed by atoms with Gasteiger partial charge >= 0.3 is 11.9 Å². The van der Waals surface area contributed by atoms with Crippen molar-refractivity contribution in [3.63, 3.8) is 0 Å². The van der Waals surface area contributed by atoms with Crippen molar-refractivity contribution in [3.05, 3.63) is 0 Å². The van der Waals surface area contributed by atoms with Crippen molar-refractivity contribution in [2.75, 3.05) is 13.2 Å². The van der Waals surface area contributed by atoms with Crippen LogP contribution in [0.15, 0.2) is 0 Å². The molecular formula is C27H51NO5. The molecule has 0 spiro atoms. The summed E-state index contributed by atoms with van der Waals surface area (Å²) in [6, 6.07) is -0.499. The highest BCUT2D eigenvalue weighted by Crippen LogP contribution is 2.08. The highest BCUT2D eigenvalue weighted by molar-refractivity contribution is 5.76. The molecule has 0 atom stereocenters. The van der Waals surface area contributed by atoms with Crippen LogP contribution in [0.25, 0.3) is 0 Å². The predicted molar refractivity (Wildman–Crippen MR) is 134 cm³/mol. The molecule has 0 saturated carbocycles. The van der Waals surface area contributed by atoms with Gasteiger partial charge in [-0.05, 0) is 19.3 Å². The molecule has 0 saturated heterocycles. The van der Waals surface area contributed by atoms with E-state index in [9.17, 15) is 14.4 Å². The van der Waals surface area contributed by atoms with Gasteiger partial charge in [0.15, 0.2) is 0 Å². The van der Waals surface area contributed by atoms with Gasteiger partial charge in [-0.2, -0.15) is 0 Å². The number of unbranched alkanes of at least 4 members (excludes halogenated alkanes) is 12. The fraction of sp³-hybridized carbons (Fsp3) is 0.889. The first-order valence-electron chi connectivity index (χ1n) is 13.6. The average molecular weight is 470 g/mol. The molecular weight excluding hydrogens is 418 g/mol. The Morgan fingerprint density at radius 3 is 1.30 bits per heavy atom. The second kappa shape index (κ2) is 23.6. The van der Waals surface area contributed by atoms with E-state index in [4.69, 9.17) is 9.47 Å². The largest absolute Gasteiger partial charge is 0.463 e. The fourth-order valence-electron chi connectivity index (χ4n) is 3.60. The van der Waals surface area contributed by atoms with Crippen molar-refractivity contribution in [2.45, 2.75) is 142 Å². The Labute approximate surface area is 202 Å². The van der Waals surface area contributed by atoms with E-state index in [1.54, 1.807) is 0 Å². The van der Waals surface area contributed by atoms with Crippen LogP contribution >= 0.6 is 0 Å². The number of esters is 2. The Morgan fingerprint density at radius 2 is 0.909 bits per heavy atom. The van der Waals surface area contributed by atoms with Crippen LogP contribution in [0.3, 0.4) is 0 Å². The van der Waals surface area contributed by atoms with Crippen molar-refractivity contribution in [3.8, 4) is 0 Å². The summed E-state index contributed by atoms with van der Waals surface area (Å²) in [5.41, 5.74) is 0. The van der Waals surface area contributed by atoms with Gasteiger partial charge in [0.2, 0.25) is 5.91 Å². The van der Waals surface area contributed by atoms with Gasteiger partial charge in [-0.3, -0.25) is 14.4 Å². The Hall–Kier alpha value is -1.59. The van der Waals surface area contributed by atoms with E-state index < -0.39 is 6.04 Å². The molecule has 1 amide bonds. The van der Waals surface area contributed by atoms with E-state index >= 15 is 0 Å². The summed E-state index contributed by atoms with van der Waals surface area (Å²) < 4.78 is 10.8. The molecule has 0 aliphatic rings. The van der Waals surface area contributed by atoms with Crippen LogP contribution in [-0.4, -0.2) is 37.1 Å². The standard InChI is InChI=1S/C27H51NO5/c1-4-7-10-13-16-19-25(29)28-24(22-32-26(30)20-17-14-11-8-5-2)23-33-27(31)21-18-15-12-9-6-3/h24H,4-23H2,1-3H3,(H,28,29). The molecule has 0 aromatic rings. The molecule has 1 N–H and O–H groups in total. The lowest BCUT2D eigenvalue weighted by molar-refractivity contribution is -0.149. The highest BCUT2D eigenvalue weighted by Gasteiger charge is 2.17. The zero-order valence-electron chi connectivity index (χ0n) is 21.8. The number of nitrogens with one attached hydrogen (secondary N) is 1. The van der Waals surface area contributed by atoms with Crippen molar-refractivity contribution in [2.24, 2.45) is 0 Å². The molecule has 33 heavy (non-hydrogen) atoms. The Bertz CT molecular complexity index is 465. The normalized spacial score (nSPS) is 10.9. The van der Waals surface area contributed by atoms with Crippen molar-refractivity contribution >= 4 is 17.8 Å². The minimum absolute atomic E-state index is 0.0408. The smallest absolute Gasteiger partial charge is 0.305 e. The number of hydrogen-bond donors (Lipinski definition) is 1. The van der Waals surface area contributed by atoms with Gasteiger partial charge in [0.05, 0.1) is 6.04 Å². The van der Waals surface area contributed by atoms with E-state index in [-0.39, 0.29) is 31.1 Å². The third kappa shape index (κ3) is 22.0. The lowest BCUT2D eigenvalue weighted by Gasteiger charge is -2.19. The number of hydrogen-bond acceptors (Lipinski definition) is 5. The summed E-state index contributed by atoms with van der Waals surface area (Å²) in [4.78, 5) is 36.5. The maximum Gasteiger partial charge on any atom is 0.305 e. The minimum Gasteiger partial charge on any atom is -0.463 e. The lowest BCUT2D eigenvalue weighted by atomic mass is 10.1. The molecule has 0 unspecified atom stereocenters. The summed E-state index contributed by atoms with van der Waals surface area (Å²) in [6.07, 6.45) is 17.3. The quantitative estimate of drug-likeness (QED) is 0.134. The van der Waals surface area contributed by atoms with Gasteiger partial charge in [-0.15, -0.1) is 0 Å². The molecule has 0 bridgehead atoms. The molecule has 0 aliphatic carbocycles. The van der Waals surface area contributed by atoms with Crippen LogP contribution in [0.5, 0.6) is 0 Å². The van der Waals surface area contributed by atoms with Crippen LogP contribution in [-0.2, 0) is 23.9 Å². The van der Waals surface area contributed by atoms with Gasteiger partial charge in [0.25, 0.3) is 0 Å². The van der Waals surface area contributed by atoms with Crippen molar-refractivity contribution in [1.82, 2.24) is 5.32 Å². The zero-order valence-corrected chi connectivity index (χ0v) is 21.8. The first-order chi connectivity index (χ1) is 16.0. The van der Waals surface area contributed by atoms with Gasteiger partial charge in [-0.1, -0.05) is 97.8 Å². The van der Waals surface area contributed by atoms with Crippen LogP contribution in [0, 0.1) is 0 Å². The van der Waals surface area contributed by atoms with Crippen LogP contribution in [0.1, 0.15) is 136 Å². The Morgan fingerprint density at radius 1 is 0.545 bits per heavy atom. The van der Waals surface area contributed by atoms with E-state index in [2.05, 4.69) is 26.1 Å². The minimum atomic E-state index is -0.499. The summed E-state index contributed by atoms with van der Waals surface area (Å²) in [6.45, 7) is 6.56. The Kier molecular flexibility index (Phi) is 22.4. The van der Waals surface area contributed by atoms with E-state index in [0.29, 0.717) is 19.3 Å². The molecule has 194 valence electrons. The first-order valence-corrected chi connectivity index (χ1v) is 13.6. The number of carbonyl (C=O) groups excluding carboxylic acids is 3. The number of amides is 1. The summed E-state index contributed by atoms with van der Waals surface area (Å²) in [5.74, 6) is -0.595. The van der Waals surface area contributed by atoms with E-state index in [1.165, 1.54) is 38.5 Å².